The summed E-state index contributed by atoms with van der Waals surface area (Å²) in [6, 6.07) is 13.2. The zero-order chi connectivity index (χ0) is 13.9. The van der Waals surface area contributed by atoms with E-state index in [0.717, 1.165) is 10.8 Å². The summed E-state index contributed by atoms with van der Waals surface area (Å²) in [5.74, 6) is -0.260. The number of rotatable bonds is 5. The number of aliphatic hydroxyl groups is 1. The van der Waals surface area contributed by atoms with Crippen molar-refractivity contribution in [2.75, 3.05) is 23.2 Å². The Bertz CT molecular complexity index is 662. The Hall–Kier alpha value is -1.59. The van der Waals surface area contributed by atoms with E-state index in [0.29, 0.717) is 12.2 Å². The van der Waals surface area contributed by atoms with Crippen LogP contribution in [0.1, 0.15) is 6.92 Å². The van der Waals surface area contributed by atoms with Crippen LogP contribution in [0.2, 0.25) is 0 Å². The van der Waals surface area contributed by atoms with Crippen LogP contribution in [0.5, 0.6) is 0 Å². The summed E-state index contributed by atoms with van der Waals surface area (Å²) in [4.78, 5) is 0. The van der Waals surface area contributed by atoms with E-state index in [1.807, 2.05) is 36.4 Å². The molecule has 2 aromatic carbocycles. The number of fused-ring (bicyclic) bond motifs is 1. The van der Waals surface area contributed by atoms with Crippen LogP contribution in [-0.4, -0.2) is 32.4 Å². The van der Waals surface area contributed by atoms with Gasteiger partial charge in [0.25, 0.3) is 0 Å². The molecular weight excluding hydrogens is 262 g/mol. The Labute approximate surface area is 113 Å². The molecule has 4 nitrogen and oxygen atoms in total. The third-order valence-corrected chi connectivity index (χ3v) is 4.83. The van der Waals surface area contributed by atoms with Gasteiger partial charge in [-0.15, -0.1) is 0 Å². The molecule has 0 aliphatic rings. The van der Waals surface area contributed by atoms with Gasteiger partial charge in [0.2, 0.25) is 10.0 Å². The molecule has 0 bridgehead atoms. The Kier molecular flexibility index (Phi) is 4.07. The monoisotopic (exact) mass is 279 g/mol. The van der Waals surface area contributed by atoms with E-state index < -0.39 is 10.0 Å². The molecule has 19 heavy (non-hydrogen) atoms. The molecule has 0 atom stereocenters. The van der Waals surface area contributed by atoms with E-state index in [1.165, 1.54) is 4.31 Å². The van der Waals surface area contributed by atoms with E-state index in [2.05, 4.69) is 0 Å². The molecular formula is C14H17NO3S. The van der Waals surface area contributed by atoms with Gasteiger partial charge in [-0.1, -0.05) is 36.4 Å². The van der Waals surface area contributed by atoms with Gasteiger partial charge in [-0.25, -0.2) is 8.42 Å². The minimum atomic E-state index is -3.48. The number of sulfonamides is 1. The lowest BCUT2D eigenvalue weighted by Crippen LogP contribution is -2.34. The molecule has 0 radical (unpaired) electrons. The van der Waals surface area contributed by atoms with E-state index >= 15 is 0 Å². The third-order valence-electron chi connectivity index (χ3n) is 3.01. The highest BCUT2D eigenvalue weighted by atomic mass is 32.2. The zero-order valence-corrected chi connectivity index (χ0v) is 11.6. The quantitative estimate of drug-likeness (QED) is 0.910. The Morgan fingerprint density at radius 2 is 1.79 bits per heavy atom. The molecule has 0 saturated carbocycles. The van der Waals surface area contributed by atoms with Crippen molar-refractivity contribution in [2.24, 2.45) is 0 Å². The van der Waals surface area contributed by atoms with Gasteiger partial charge in [0.1, 0.15) is 0 Å². The number of hydrogen-bond acceptors (Lipinski definition) is 3. The number of nitrogens with zero attached hydrogens (tertiary/aromatic N) is 1. The number of hydrogen-bond donors (Lipinski definition) is 1. The van der Waals surface area contributed by atoms with Gasteiger partial charge in [0.05, 0.1) is 18.0 Å². The van der Waals surface area contributed by atoms with Crippen LogP contribution >= 0.6 is 0 Å². The molecule has 2 rings (SSSR count). The van der Waals surface area contributed by atoms with Crippen molar-refractivity contribution in [3.8, 4) is 0 Å². The minimum Gasteiger partial charge on any atom is -0.395 e. The zero-order valence-electron chi connectivity index (χ0n) is 10.8. The van der Waals surface area contributed by atoms with Crippen LogP contribution in [-0.2, 0) is 10.0 Å². The lowest BCUT2D eigenvalue weighted by atomic mass is 10.1. The molecule has 0 saturated heterocycles. The van der Waals surface area contributed by atoms with Crippen LogP contribution in [0.15, 0.2) is 42.5 Å². The number of benzene rings is 2. The van der Waals surface area contributed by atoms with Crippen molar-refractivity contribution >= 4 is 26.5 Å². The lowest BCUT2D eigenvalue weighted by molar-refractivity contribution is 0.319. The molecule has 1 N–H and O–H groups in total. The van der Waals surface area contributed by atoms with Crippen molar-refractivity contribution in [3.63, 3.8) is 0 Å². The normalized spacial score (nSPS) is 11.7. The maximum atomic E-state index is 12.2. The van der Waals surface area contributed by atoms with Crippen LogP contribution in [0.4, 0.5) is 5.69 Å². The summed E-state index contributed by atoms with van der Waals surface area (Å²) in [5, 5.41) is 10.8. The molecule has 2 aromatic rings. The molecule has 102 valence electrons. The van der Waals surface area contributed by atoms with Crippen LogP contribution in [0, 0.1) is 0 Å². The first-order valence-corrected chi connectivity index (χ1v) is 7.80. The summed E-state index contributed by atoms with van der Waals surface area (Å²) in [5.41, 5.74) is 0.661. The highest BCUT2D eigenvalue weighted by Gasteiger charge is 2.21. The van der Waals surface area contributed by atoms with Crippen LogP contribution in [0.3, 0.4) is 0 Å². The van der Waals surface area contributed by atoms with Crippen molar-refractivity contribution in [1.29, 1.82) is 0 Å². The minimum absolute atomic E-state index is 0.260. The first-order valence-electron chi connectivity index (χ1n) is 6.19. The average molecular weight is 279 g/mol. The first-order chi connectivity index (χ1) is 9.10. The predicted molar refractivity (Wildman–Crippen MR) is 77.8 cm³/mol. The molecule has 0 spiro atoms. The van der Waals surface area contributed by atoms with E-state index in [1.54, 1.807) is 13.0 Å². The number of anilines is 1. The van der Waals surface area contributed by atoms with Crippen molar-refractivity contribution in [3.05, 3.63) is 42.5 Å². The predicted octanol–water partition coefficient (Wildman–Crippen LogP) is 1.99. The molecule has 0 fully saturated rings. The third kappa shape index (κ3) is 2.72. The average Bonchev–Trinajstić information content (AvgIpc) is 2.39. The second-order valence-corrected chi connectivity index (χ2v) is 6.22. The van der Waals surface area contributed by atoms with Gasteiger partial charge in [-0.05, 0) is 18.4 Å². The lowest BCUT2D eigenvalue weighted by Gasteiger charge is -2.24. The Balaban J connectivity index is 2.59. The molecule has 0 amide bonds. The molecule has 0 heterocycles. The highest BCUT2D eigenvalue weighted by Crippen LogP contribution is 2.28. The Morgan fingerprint density at radius 3 is 2.47 bits per heavy atom. The van der Waals surface area contributed by atoms with Gasteiger partial charge in [-0.2, -0.15) is 0 Å². The molecule has 0 aromatic heterocycles. The summed E-state index contributed by atoms with van der Waals surface area (Å²) in [6.07, 6.45) is 0. The first kappa shape index (κ1) is 13.8. The Morgan fingerprint density at radius 1 is 1.11 bits per heavy atom. The number of aliphatic hydroxyl groups excluding tert-OH is 1. The molecule has 0 aliphatic carbocycles. The van der Waals surface area contributed by atoms with Gasteiger partial charge in [0.15, 0.2) is 0 Å². The van der Waals surface area contributed by atoms with Gasteiger partial charge in [0, 0.05) is 11.9 Å². The van der Waals surface area contributed by atoms with Gasteiger partial charge in [-0.3, -0.25) is 4.31 Å². The molecule has 0 unspecified atom stereocenters. The smallest absolute Gasteiger partial charge is 0.237 e. The van der Waals surface area contributed by atoms with Gasteiger partial charge >= 0.3 is 0 Å². The van der Waals surface area contributed by atoms with Crippen molar-refractivity contribution in [2.45, 2.75) is 6.92 Å². The maximum Gasteiger partial charge on any atom is 0.237 e. The topological polar surface area (TPSA) is 57.6 Å². The summed E-state index contributed by atoms with van der Waals surface area (Å²) in [7, 11) is -3.48. The van der Waals surface area contributed by atoms with Crippen LogP contribution < -0.4 is 4.31 Å². The maximum absolute atomic E-state index is 12.2. The fraction of sp³-hybridized carbons (Fsp3) is 0.286. The fourth-order valence-corrected chi connectivity index (χ4v) is 3.47. The molecule has 0 aliphatic heterocycles. The van der Waals surface area contributed by atoms with E-state index in [-0.39, 0.29) is 12.4 Å². The summed E-state index contributed by atoms with van der Waals surface area (Å²) >= 11 is 0. The fourth-order valence-electron chi connectivity index (χ4n) is 2.17. The van der Waals surface area contributed by atoms with E-state index in [9.17, 15) is 8.42 Å². The standard InChI is InChI=1S/C14H17NO3S/c1-2-15(19(17,18)11-10-16)14-9-5-7-12-6-3-4-8-13(12)14/h3-9,16H,2,10-11H2,1H3. The molecule has 5 heteroatoms. The second-order valence-electron chi connectivity index (χ2n) is 4.20. The van der Waals surface area contributed by atoms with Crippen LogP contribution in [0.25, 0.3) is 10.8 Å². The summed E-state index contributed by atoms with van der Waals surface area (Å²) < 4.78 is 25.7. The largest absolute Gasteiger partial charge is 0.395 e. The summed E-state index contributed by atoms with van der Waals surface area (Å²) in [6.45, 7) is 1.76. The van der Waals surface area contributed by atoms with E-state index in [4.69, 9.17) is 5.11 Å². The SMILES string of the molecule is CCN(c1cccc2ccccc12)S(=O)(=O)CCO. The second kappa shape index (κ2) is 5.59. The van der Waals surface area contributed by atoms with Crippen molar-refractivity contribution in [1.82, 2.24) is 0 Å². The van der Waals surface area contributed by atoms with Gasteiger partial charge < -0.3 is 5.11 Å². The van der Waals surface area contributed by atoms with Crippen molar-refractivity contribution < 1.29 is 13.5 Å². The highest BCUT2D eigenvalue weighted by molar-refractivity contribution is 7.92.